The molecule has 0 bridgehead atoms. The van der Waals surface area contributed by atoms with Crippen LogP contribution in [0.4, 0.5) is 4.39 Å². The molecular formula is C26H33FN6O3. The average molecular weight is 497 g/mol. The second-order valence-electron chi connectivity index (χ2n) is 8.64. The molecule has 1 unspecified atom stereocenters. The predicted molar refractivity (Wildman–Crippen MR) is 136 cm³/mol. The number of hydrazine groups is 1. The summed E-state index contributed by atoms with van der Waals surface area (Å²) in [6.45, 7) is 11.6. The summed E-state index contributed by atoms with van der Waals surface area (Å²) in [6, 6.07) is 4.31. The molecule has 1 amide bonds. The molecule has 1 aromatic heterocycles. The monoisotopic (exact) mass is 496 g/mol. The number of carbonyl (C=O) groups excluding carboxylic acids is 1. The van der Waals surface area contributed by atoms with E-state index >= 15 is 4.39 Å². The van der Waals surface area contributed by atoms with Crippen molar-refractivity contribution in [2.24, 2.45) is 4.99 Å². The number of carbonyl (C=O) groups is 1. The quantitative estimate of drug-likeness (QED) is 0.294. The molecule has 1 aliphatic carbocycles. The second kappa shape index (κ2) is 11.9. The summed E-state index contributed by atoms with van der Waals surface area (Å²) in [7, 11) is 0. The Labute approximate surface area is 210 Å². The third-order valence-corrected chi connectivity index (χ3v) is 5.79. The van der Waals surface area contributed by atoms with Crippen molar-refractivity contribution in [2.45, 2.75) is 58.5 Å². The van der Waals surface area contributed by atoms with Gasteiger partial charge in [-0.15, -0.1) is 5.17 Å². The first-order chi connectivity index (χ1) is 17.2. The van der Waals surface area contributed by atoms with Crippen LogP contribution in [0, 0.1) is 5.82 Å². The van der Waals surface area contributed by atoms with Gasteiger partial charge in [0.05, 0.1) is 47.6 Å². The van der Waals surface area contributed by atoms with Crippen molar-refractivity contribution in [3.05, 3.63) is 66.5 Å². The summed E-state index contributed by atoms with van der Waals surface area (Å²) in [5, 5.41) is 13.9. The van der Waals surface area contributed by atoms with E-state index in [0.29, 0.717) is 35.9 Å². The van der Waals surface area contributed by atoms with E-state index in [1.165, 1.54) is 24.5 Å². The van der Waals surface area contributed by atoms with Gasteiger partial charge in [-0.05, 0) is 58.2 Å². The van der Waals surface area contributed by atoms with Crippen LogP contribution in [-0.2, 0) is 0 Å². The molecule has 1 atom stereocenters. The van der Waals surface area contributed by atoms with Gasteiger partial charge < -0.3 is 10.1 Å². The summed E-state index contributed by atoms with van der Waals surface area (Å²) in [5.74, 6) is -0.722. The normalized spacial score (nSPS) is 15.6. The molecule has 1 heterocycles. The van der Waals surface area contributed by atoms with E-state index in [2.05, 4.69) is 32.3 Å². The first-order valence-electron chi connectivity index (χ1n) is 11.9. The average Bonchev–Trinajstić information content (AvgIpc) is 3.69. The van der Waals surface area contributed by atoms with E-state index < -0.39 is 17.3 Å². The van der Waals surface area contributed by atoms with Crippen molar-refractivity contribution < 1.29 is 19.1 Å². The van der Waals surface area contributed by atoms with E-state index in [9.17, 15) is 10.0 Å². The van der Waals surface area contributed by atoms with Gasteiger partial charge >= 0.3 is 0 Å². The van der Waals surface area contributed by atoms with Gasteiger partial charge in [0.15, 0.2) is 0 Å². The fourth-order valence-electron chi connectivity index (χ4n) is 3.43. The number of nitrogens with zero attached hydrogens (tertiary/aromatic N) is 4. The van der Waals surface area contributed by atoms with Crippen molar-refractivity contribution in [1.29, 1.82) is 0 Å². The van der Waals surface area contributed by atoms with Gasteiger partial charge in [0.25, 0.3) is 5.91 Å². The van der Waals surface area contributed by atoms with Gasteiger partial charge in [-0.25, -0.2) is 14.4 Å². The molecule has 10 heteroatoms. The number of aromatic nitrogens is 2. The highest BCUT2D eigenvalue weighted by atomic mass is 19.1. The van der Waals surface area contributed by atoms with Crippen molar-refractivity contribution in [1.82, 2.24) is 25.9 Å². The molecule has 1 saturated carbocycles. The lowest BCUT2D eigenvalue weighted by molar-refractivity contribution is -0.136. The lowest BCUT2D eigenvalue weighted by Gasteiger charge is -2.30. The van der Waals surface area contributed by atoms with Crippen LogP contribution in [0.3, 0.4) is 0 Å². The number of nitrogens with one attached hydrogen (secondary N) is 2. The van der Waals surface area contributed by atoms with E-state index in [-0.39, 0.29) is 17.4 Å². The first kappa shape index (κ1) is 27.0. The highest BCUT2D eigenvalue weighted by molar-refractivity contribution is 6.07. The molecule has 192 valence electrons. The number of amides is 1. The summed E-state index contributed by atoms with van der Waals surface area (Å²) in [4.78, 5) is 26.0. The number of hydrogen-bond acceptors (Lipinski definition) is 8. The van der Waals surface area contributed by atoms with Gasteiger partial charge in [0.2, 0.25) is 5.88 Å². The van der Waals surface area contributed by atoms with Crippen LogP contribution >= 0.6 is 0 Å². The van der Waals surface area contributed by atoms with Crippen molar-refractivity contribution in [3.63, 3.8) is 0 Å². The molecule has 0 radical (unpaired) electrons. The number of allylic oxidation sites excluding steroid dienone is 1. The molecule has 1 aromatic carbocycles. The van der Waals surface area contributed by atoms with Gasteiger partial charge in [0.1, 0.15) is 11.6 Å². The maximum Gasteiger partial charge on any atom is 0.254 e. The Kier molecular flexibility index (Phi) is 8.89. The minimum absolute atomic E-state index is 0.0398. The fraction of sp³-hybridized carbons (Fsp3) is 0.385. The molecule has 1 aliphatic rings. The Morgan fingerprint density at radius 2 is 2.14 bits per heavy atom. The lowest BCUT2D eigenvalue weighted by atomic mass is 9.91. The highest BCUT2D eigenvalue weighted by Crippen LogP contribution is 2.25. The van der Waals surface area contributed by atoms with Crippen LogP contribution in [0.2, 0.25) is 0 Å². The zero-order chi connectivity index (χ0) is 26.3. The number of ether oxygens (including phenoxy) is 1. The molecule has 9 nitrogen and oxygen atoms in total. The van der Waals surface area contributed by atoms with Crippen molar-refractivity contribution in [3.8, 4) is 17.1 Å². The number of aliphatic imine (C=N–C) groups is 1. The Morgan fingerprint density at radius 1 is 1.39 bits per heavy atom. The van der Waals surface area contributed by atoms with Crippen LogP contribution in [0.1, 0.15) is 57.3 Å². The van der Waals surface area contributed by atoms with E-state index in [0.717, 1.165) is 18.0 Å². The minimum atomic E-state index is -0.934. The molecule has 2 aromatic rings. The maximum absolute atomic E-state index is 15.1. The number of halogens is 1. The zero-order valence-corrected chi connectivity index (χ0v) is 21.1. The third kappa shape index (κ3) is 6.73. The summed E-state index contributed by atoms with van der Waals surface area (Å²) in [6.07, 6.45) is 8.77. The van der Waals surface area contributed by atoms with Crippen LogP contribution < -0.4 is 15.5 Å². The van der Waals surface area contributed by atoms with E-state index in [1.807, 2.05) is 20.8 Å². The Morgan fingerprint density at radius 3 is 2.75 bits per heavy atom. The van der Waals surface area contributed by atoms with Crippen molar-refractivity contribution >= 4 is 11.6 Å². The number of hydrogen-bond donors (Lipinski definition) is 3. The summed E-state index contributed by atoms with van der Waals surface area (Å²) in [5.41, 5.74) is 3.10. The van der Waals surface area contributed by atoms with Crippen molar-refractivity contribution in [2.75, 3.05) is 6.61 Å². The molecule has 1 fully saturated rings. The molecule has 3 rings (SSSR count). The maximum atomic E-state index is 15.1. The van der Waals surface area contributed by atoms with E-state index in [1.54, 1.807) is 25.1 Å². The molecular weight excluding hydrogens is 463 g/mol. The minimum Gasteiger partial charge on any atom is -0.477 e. The predicted octanol–water partition coefficient (Wildman–Crippen LogP) is 4.43. The van der Waals surface area contributed by atoms with Gasteiger partial charge in [-0.2, -0.15) is 0 Å². The third-order valence-electron chi connectivity index (χ3n) is 5.79. The summed E-state index contributed by atoms with van der Waals surface area (Å²) < 4.78 is 20.4. The Bertz CT molecular complexity index is 1160. The first-order valence-corrected chi connectivity index (χ1v) is 11.9. The van der Waals surface area contributed by atoms with Gasteiger partial charge in [0, 0.05) is 5.56 Å². The zero-order valence-electron chi connectivity index (χ0n) is 21.1. The second-order valence-corrected chi connectivity index (χ2v) is 8.64. The SMILES string of the molecule is C=C(/N=C(\C=C/C)C(C)(CC)NC(=O)c1ccc(-c2cncc(OCC)n2)cc1F)NN(O)C1CC1. The number of hydroxylamine groups is 1. The Balaban J connectivity index is 1.81. The lowest BCUT2D eigenvalue weighted by Crippen LogP contribution is -2.51. The number of benzene rings is 1. The fourth-order valence-corrected chi connectivity index (χ4v) is 3.43. The smallest absolute Gasteiger partial charge is 0.254 e. The van der Waals surface area contributed by atoms with Crippen LogP contribution in [-0.4, -0.2) is 50.2 Å². The topological polar surface area (TPSA) is 112 Å². The molecule has 0 spiro atoms. The molecule has 0 aliphatic heterocycles. The van der Waals surface area contributed by atoms with Gasteiger partial charge in [-0.3, -0.25) is 20.4 Å². The van der Waals surface area contributed by atoms with Crippen LogP contribution in [0.5, 0.6) is 5.88 Å². The molecule has 0 saturated heterocycles. The highest BCUT2D eigenvalue weighted by Gasteiger charge is 2.32. The largest absolute Gasteiger partial charge is 0.477 e. The summed E-state index contributed by atoms with van der Waals surface area (Å²) >= 11 is 0. The Hall–Kier alpha value is -3.63. The van der Waals surface area contributed by atoms with E-state index in [4.69, 9.17) is 4.74 Å². The van der Waals surface area contributed by atoms with Gasteiger partial charge in [-0.1, -0.05) is 25.6 Å². The number of rotatable bonds is 12. The molecule has 36 heavy (non-hydrogen) atoms. The van der Waals surface area contributed by atoms with Crippen LogP contribution in [0.15, 0.2) is 60.1 Å². The molecule has 3 N–H and O–H groups in total. The van der Waals surface area contributed by atoms with Crippen LogP contribution in [0.25, 0.3) is 11.3 Å². The standard InChI is InChI=1S/C26H33FN6O3/c1-6-9-23(29-17(4)32-33(35)19-11-12-19)26(5,7-2)31-25(34)20-13-10-18(14-21(20)27)22-15-28-16-24(30-22)36-8-3/h6,9-10,13-16,19,32,35H,4,7-8,11-12H2,1-3,5H3,(H,31,34)/b9-6-,29-23+.